The number of hydrogen-bond acceptors (Lipinski definition) is 8. The molecule has 1 fully saturated rings. The lowest BCUT2D eigenvalue weighted by molar-refractivity contribution is -0.131. The minimum atomic E-state index is -0.449. The number of likely N-dealkylation sites (tertiary alicyclic amines) is 1. The van der Waals surface area contributed by atoms with Crippen molar-refractivity contribution in [2.75, 3.05) is 25.2 Å². The summed E-state index contributed by atoms with van der Waals surface area (Å²) in [6, 6.07) is 8.62. The Labute approximate surface area is 205 Å². The van der Waals surface area contributed by atoms with Crippen LogP contribution in [0.15, 0.2) is 48.1 Å². The first kappa shape index (κ1) is 22.8. The van der Waals surface area contributed by atoms with Gasteiger partial charge in [-0.3, -0.25) is 14.4 Å². The highest BCUT2D eigenvalue weighted by Gasteiger charge is 2.26. The Morgan fingerprint density at radius 3 is 2.63 bits per heavy atom. The third-order valence-electron chi connectivity index (χ3n) is 5.87. The molecule has 180 valence electrons. The van der Waals surface area contributed by atoms with E-state index >= 15 is 0 Å². The second-order valence-corrected chi connectivity index (χ2v) is 9.19. The summed E-state index contributed by atoms with van der Waals surface area (Å²) >= 11 is 1.57. The number of carbonyl (C=O) groups is 3. The van der Waals surface area contributed by atoms with E-state index in [2.05, 4.69) is 20.6 Å². The van der Waals surface area contributed by atoms with Gasteiger partial charge in [-0.1, -0.05) is 6.07 Å². The van der Waals surface area contributed by atoms with E-state index < -0.39 is 11.8 Å². The molecule has 0 saturated carbocycles. The van der Waals surface area contributed by atoms with Gasteiger partial charge in [0.2, 0.25) is 12.7 Å². The molecule has 35 heavy (non-hydrogen) atoms. The topological polar surface area (TPSA) is 123 Å². The van der Waals surface area contributed by atoms with Gasteiger partial charge in [0.05, 0.1) is 6.42 Å². The fourth-order valence-electron chi connectivity index (χ4n) is 4.01. The van der Waals surface area contributed by atoms with Crippen molar-refractivity contribution in [3.05, 3.63) is 64.2 Å². The number of anilines is 1. The van der Waals surface area contributed by atoms with E-state index in [9.17, 15) is 14.4 Å². The Bertz CT molecular complexity index is 1240. The van der Waals surface area contributed by atoms with Crippen molar-refractivity contribution in [2.45, 2.75) is 25.3 Å². The van der Waals surface area contributed by atoms with E-state index in [1.165, 1.54) is 12.4 Å². The number of carbonyl (C=O) groups excluding carboxylic acids is 3. The van der Waals surface area contributed by atoms with Crippen molar-refractivity contribution in [1.82, 2.24) is 20.2 Å². The molecule has 0 spiro atoms. The third kappa shape index (κ3) is 5.24. The first-order chi connectivity index (χ1) is 17.1. The average molecular weight is 494 g/mol. The molecule has 2 aliphatic heterocycles. The summed E-state index contributed by atoms with van der Waals surface area (Å²) in [4.78, 5) is 49.4. The Morgan fingerprint density at radius 2 is 1.83 bits per heavy atom. The van der Waals surface area contributed by atoms with E-state index in [1.807, 2.05) is 22.4 Å². The first-order valence-corrected chi connectivity index (χ1v) is 12.1. The van der Waals surface area contributed by atoms with E-state index in [0.717, 1.165) is 4.88 Å². The zero-order valence-corrected chi connectivity index (χ0v) is 19.5. The summed E-state index contributed by atoms with van der Waals surface area (Å²) in [6.07, 6.45) is 4.49. The van der Waals surface area contributed by atoms with Gasteiger partial charge in [0.1, 0.15) is 0 Å². The van der Waals surface area contributed by atoms with Gasteiger partial charge >= 0.3 is 0 Å². The fourth-order valence-corrected chi connectivity index (χ4v) is 4.71. The average Bonchev–Trinajstić information content (AvgIpc) is 3.56. The molecule has 0 aliphatic carbocycles. The maximum Gasteiger partial charge on any atom is 0.273 e. The number of benzene rings is 1. The van der Waals surface area contributed by atoms with Crippen molar-refractivity contribution in [1.29, 1.82) is 0 Å². The van der Waals surface area contributed by atoms with E-state index in [4.69, 9.17) is 9.47 Å². The molecule has 5 rings (SSSR count). The number of rotatable bonds is 6. The van der Waals surface area contributed by atoms with Crippen LogP contribution < -0.4 is 20.1 Å². The van der Waals surface area contributed by atoms with E-state index in [1.54, 1.807) is 29.5 Å². The molecule has 3 amide bonds. The maximum atomic E-state index is 13.0. The van der Waals surface area contributed by atoms with Gasteiger partial charge in [-0.2, -0.15) is 0 Å². The number of nitrogens with one attached hydrogen (secondary N) is 2. The molecular weight excluding hydrogens is 470 g/mol. The number of amides is 3. The summed E-state index contributed by atoms with van der Waals surface area (Å²) in [6.45, 7) is 1.25. The highest BCUT2D eigenvalue weighted by molar-refractivity contribution is 7.10. The molecule has 2 aromatic heterocycles. The summed E-state index contributed by atoms with van der Waals surface area (Å²) in [5, 5.41) is 7.58. The van der Waals surface area contributed by atoms with E-state index in [-0.39, 0.29) is 30.3 Å². The number of nitrogens with zero attached hydrogens (tertiary/aromatic N) is 3. The van der Waals surface area contributed by atoms with Crippen LogP contribution in [0.25, 0.3) is 0 Å². The molecule has 0 atom stereocenters. The number of hydrogen-bond donors (Lipinski definition) is 2. The van der Waals surface area contributed by atoms with Crippen LogP contribution in [0.3, 0.4) is 0 Å². The molecule has 2 aliphatic rings. The lowest BCUT2D eigenvalue weighted by Gasteiger charge is -2.32. The second-order valence-electron chi connectivity index (χ2n) is 8.16. The smallest absolute Gasteiger partial charge is 0.273 e. The van der Waals surface area contributed by atoms with Crippen LogP contribution in [0.4, 0.5) is 5.82 Å². The molecule has 10 nitrogen and oxygen atoms in total. The molecule has 1 saturated heterocycles. The molecular formula is C24H23N5O5S. The molecule has 11 heteroatoms. The molecule has 2 N–H and O–H groups in total. The van der Waals surface area contributed by atoms with Gasteiger partial charge in [-0.25, -0.2) is 9.97 Å². The van der Waals surface area contributed by atoms with Gasteiger partial charge in [0, 0.05) is 42.0 Å². The summed E-state index contributed by atoms with van der Waals surface area (Å²) in [5.41, 5.74) is 0.364. The number of aromatic nitrogens is 2. The molecule has 0 bridgehead atoms. The quantitative estimate of drug-likeness (QED) is 0.541. The van der Waals surface area contributed by atoms with Crippen LogP contribution in [0.1, 0.15) is 38.6 Å². The lowest BCUT2D eigenvalue weighted by atomic mass is 10.0. The van der Waals surface area contributed by atoms with Crippen molar-refractivity contribution >= 4 is 34.9 Å². The summed E-state index contributed by atoms with van der Waals surface area (Å²) in [7, 11) is 0. The van der Waals surface area contributed by atoms with Crippen molar-refractivity contribution in [3.63, 3.8) is 0 Å². The molecule has 4 heterocycles. The lowest BCUT2D eigenvalue weighted by Crippen LogP contribution is -2.47. The number of ether oxygens (including phenoxy) is 2. The van der Waals surface area contributed by atoms with Gasteiger partial charge in [-0.05, 0) is 42.5 Å². The Morgan fingerprint density at radius 1 is 1.03 bits per heavy atom. The first-order valence-electron chi connectivity index (χ1n) is 11.2. The highest BCUT2D eigenvalue weighted by atomic mass is 32.1. The predicted octanol–water partition coefficient (Wildman–Crippen LogP) is 2.48. The van der Waals surface area contributed by atoms with Crippen LogP contribution in [0, 0.1) is 0 Å². The zero-order chi connectivity index (χ0) is 24.2. The summed E-state index contributed by atoms with van der Waals surface area (Å²) in [5.74, 6) is 0.337. The monoisotopic (exact) mass is 493 g/mol. The SMILES string of the molecule is O=C(Nc1nccnc1C(=O)NC1CCN(C(=O)Cc2cccs2)CC1)c1ccc2c(c1)OCO2. The number of fused-ring (bicyclic) bond motifs is 1. The normalized spacial score (nSPS) is 15.0. The van der Waals surface area contributed by atoms with Crippen molar-refractivity contribution < 1.29 is 23.9 Å². The largest absolute Gasteiger partial charge is 0.454 e. The van der Waals surface area contributed by atoms with Crippen LogP contribution in [-0.2, 0) is 11.2 Å². The Kier molecular flexibility index (Phi) is 6.57. The molecule has 0 unspecified atom stereocenters. The fraction of sp³-hybridized carbons (Fsp3) is 0.292. The molecule has 0 radical (unpaired) electrons. The van der Waals surface area contributed by atoms with Gasteiger partial charge in [0.15, 0.2) is 23.0 Å². The minimum absolute atomic E-state index is 0.0257. The van der Waals surface area contributed by atoms with E-state index in [0.29, 0.717) is 49.4 Å². The zero-order valence-electron chi connectivity index (χ0n) is 18.7. The van der Waals surface area contributed by atoms with Crippen molar-refractivity contribution in [2.24, 2.45) is 0 Å². The van der Waals surface area contributed by atoms with Gasteiger partial charge in [0.25, 0.3) is 11.8 Å². The van der Waals surface area contributed by atoms with Crippen LogP contribution in [-0.4, -0.2) is 58.5 Å². The van der Waals surface area contributed by atoms with Crippen LogP contribution in [0.5, 0.6) is 11.5 Å². The standard InChI is InChI=1S/C24H23N5O5S/c30-20(13-17-2-1-11-35-17)29-9-5-16(6-10-29)27-24(32)21-22(26-8-7-25-21)28-23(31)15-3-4-18-19(12-15)34-14-33-18/h1-4,7-8,11-12,16H,5-6,9-10,13-14H2,(H,27,32)(H,26,28,31). The number of piperidine rings is 1. The number of thiophene rings is 1. The molecule has 3 aromatic rings. The summed E-state index contributed by atoms with van der Waals surface area (Å²) < 4.78 is 10.6. The Balaban J connectivity index is 1.18. The van der Waals surface area contributed by atoms with Gasteiger partial charge in [-0.15, -0.1) is 11.3 Å². The Hall–Kier alpha value is -3.99. The highest BCUT2D eigenvalue weighted by Crippen LogP contribution is 2.32. The van der Waals surface area contributed by atoms with Crippen LogP contribution in [0.2, 0.25) is 0 Å². The van der Waals surface area contributed by atoms with Crippen molar-refractivity contribution in [3.8, 4) is 11.5 Å². The molecule has 1 aromatic carbocycles. The van der Waals surface area contributed by atoms with Gasteiger partial charge < -0.3 is 25.0 Å². The maximum absolute atomic E-state index is 13.0. The van der Waals surface area contributed by atoms with Crippen LogP contribution >= 0.6 is 11.3 Å². The predicted molar refractivity (Wildman–Crippen MR) is 128 cm³/mol. The third-order valence-corrected chi connectivity index (χ3v) is 6.74. The second kappa shape index (κ2) is 10.1. The minimum Gasteiger partial charge on any atom is -0.454 e.